The van der Waals surface area contributed by atoms with E-state index in [2.05, 4.69) is 27.6 Å². The van der Waals surface area contributed by atoms with Crippen molar-refractivity contribution in [2.75, 3.05) is 20.6 Å². The van der Waals surface area contributed by atoms with Gasteiger partial charge in [0.15, 0.2) is 0 Å². The molecule has 0 aromatic heterocycles. The highest BCUT2D eigenvalue weighted by molar-refractivity contribution is 5.81. The third kappa shape index (κ3) is 14.4. The molecule has 0 saturated carbocycles. The number of quaternary nitrogens is 1. The summed E-state index contributed by atoms with van der Waals surface area (Å²) in [6.45, 7) is 8.74. The quantitative estimate of drug-likeness (QED) is 0.0893. The van der Waals surface area contributed by atoms with Gasteiger partial charge < -0.3 is 4.74 Å². The van der Waals surface area contributed by atoms with E-state index in [1.807, 2.05) is 6.92 Å². The van der Waals surface area contributed by atoms with Crippen LogP contribution in [0.25, 0.3) is 0 Å². The first-order chi connectivity index (χ1) is 12.4. The number of hydrogen-bond acceptors (Lipinski definition) is 2. The molecule has 0 amide bonds. The fraction of sp³-hybridized carbons (Fsp3) is 0.870. The molecule has 0 rings (SSSR count). The first-order valence-electron chi connectivity index (χ1n) is 11.1. The molecule has 0 saturated heterocycles. The number of nitrogens with zero attached hydrogens (tertiary/aromatic N) is 1. The number of rotatable bonds is 18. The summed E-state index contributed by atoms with van der Waals surface area (Å²) in [6.07, 6.45) is 20.4. The largest absolute Gasteiger partial charge is 0.410 e. The van der Waals surface area contributed by atoms with E-state index in [1.54, 1.807) is 0 Å². The summed E-state index contributed by atoms with van der Waals surface area (Å²) in [6, 6.07) is 0. The van der Waals surface area contributed by atoms with Gasteiger partial charge in [0.2, 0.25) is 6.23 Å². The smallest absolute Gasteiger partial charge is 0.334 e. The zero-order chi connectivity index (χ0) is 19.7. The molecule has 0 spiro atoms. The van der Waals surface area contributed by atoms with Crippen LogP contribution in [0.3, 0.4) is 0 Å². The molecule has 3 nitrogen and oxygen atoms in total. The summed E-state index contributed by atoms with van der Waals surface area (Å²) in [4.78, 5) is 11.3. The number of hydrogen-bond donors (Lipinski definition) is 0. The molecule has 0 aliphatic rings. The van der Waals surface area contributed by atoms with E-state index in [9.17, 15) is 4.79 Å². The van der Waals surface area contributed by atoms with E-state index >= 15 is 0 Å². The highest BCUT2D eigenvalue weighted by atomic mass is 16.6. The average molecular weight is 369 g/mol. The van der Waals surface area contributed by atoms with Crippen LogP contribution < -0.4 is 0 Å². The maximum atomic E-state index is 11.3. The van der Waals surface area contributed by atoms with Gasteiger partial charge in [0, 0.05) is 13.0 Å². The number of carbonyl (C=O) groups is 1. The zero-order valence-corrected chi connectivity index (χ0v) is 18.2. The van der Waals surface area contributed by atoms with Gasteiger partial charge in [-0.1, -0.05) is 90.6 Å². The summed E-state index contributed by atoms with van der Waals surface area (Å²) in [5.41, 5.74) is 0. The molecule has 0 heterocycles. The summed E-state index contributed by atoms with van der Waals surface area (Å²) in [5.74, 6) is -0.329. The first-order valence-corrected chi connectivity index (χ1v) is 11.1. The predicted molar refractivity (Wildman–Crippen MR) is 113 cm³/mol. The van der Waals surface area contributed by atoms with Crippen molar-refractivity contribution in [2.45, 2.75) is 110 Å². The number of carbonyl (C=O) groups excluding carboxylic acids is 1. The third-order valence-corrected chi connectivity index (χ3v) is 5.53. The van der Waals surface area contributed by atoms with Crippen molar-refractivity contribution in [3.05, 3.63) is 12.7 Å². The van der Waals surface area contributed by atoms with E-state index in [0.717, 1.165) is 11.0 Å². The highest BCUT2D eigenvalue weighted by Gasteiger charge is 2.25. The molecule has 26 heavy (non-hydrogen) atoms. The fourth-order valence-electron chi connectivity index (χ4n) is 3.25. The third-order valence-electron chi connectivity index (χ3n) is 5.53. The normalized spacial score (nSPS) is 12.8. The van der Waals surface area contributed by atoms with Crippen LogP contribution in [0, 0.1) is 0 Å². The Morgan fingerprint density at radius 2 is 1.23 bits per heavy atom. The van der Waals surface area contributed by atoms with Gasteiger partial charge in [-0.3, -0.25) is 4.48 Å². The lowest BCUT2D eigenvalue weighted by atomic mass is 10.0. The molecule has 3 heteroatoms. The Hall–Kier alpha value is -0.830. The van der Waals surface area contributed by atoms with Crippen molar-refractivity contribution < 1.29 is 14.0 Å². The van der Waals surface area contributed by atoms with Crippen molar-refractivity contribution in [1.29, 1.82) is 0 Å². The number of esters is 1. The van der Waals surface area contributed by atoms with Crippen LogP contribution in [0.1, 0.15) is 104 Å². The van der Waals surface area contributed by atoms with E-state index in [-0.39, 0.29) is 12.2 Å². The van der Waals surface area contributed by atoms with Gasteiger partial charge in [-0.25, -0.2) is 4.79 Å². The van der Waals surface area contributed by atoms with Crippen LogP contribution in [-0.4, -0.2) is 37.3 Å². The molecule has 1 unspecified atom stereocenters. The standard InChI is InChI=1S/C23H46NO2/c1-6-8-9-10-11-12-13-14-15-16-17-18-19-20-21-24(4,5)22(3)26-23(25)7-2/h7,22H,2,6,8-21H2,1,3-5H3/q+1. The van der Waals surface area contributed by atoms with E-state index < -0.39 is 0 Å². The highest BCUT2D eigenvalue weighted by Crippen LogP contribution is 2.15. The van der Waals surface area contributed by atoms with Gasteiger partial charge >= 0.3 is 5.97 Å². The van der Waals surface area contributed by atoms with E-state index in [0.29, 0.717) is 0 Å². The van der Waals surface area contributed by atoms with Crippen LogP contribution in [0.2, 0.25) is 0 Å². The monoisotopic (exact) mass is 368 g/mol. The Labute approximate surface area is 163 Å². The van der Waals surface area contributed by atoms with Crippen LogP contribution in [0.15, 0.2) is 12.7 Å². The minimum atomic E-state index is -0.329. The van der Waals surface area contributed by atoms with Crippen molar-refractivity contribution in [2.24, 2.45) is 0 Å². The molecule has 0 bridgehead atoms. The van der Waals surface area contributed by atoms with E-state index in [4.69, 9.17) is 4.74 Å². The molecule has 0 N–H and O–H groups in total. The van der Waals surface area contributed by atoms with Gasteiger partial charge in [0.05, 0.1) is 20.6 Å². The molecular weight excluding hydrogens is 322 g/mol. The van der Waals surface area contributed by atoms with Crippen LogP contribution >= 0.6 is 0 Å². The molecule has 0 aromatic carbocycles. The topological polar surface area (TPSA) is 26.3 Å². The van der Waals surface area contributed by atoms with Gasteiger partial charge in [-0.15, -0.1) is 0 Å². The molecule has 1 atom stereocenters. The van der Waals surface area contributed by atoms with Crippen LogP contribution in [-0.2, 0) is 9.53 Å². The summed E-state index contributed by atoms with van der Waals surface area (Å²) in [5, 5.41) is 0. The molecule has 0 radical (unpaired) electrons. The second kappa shape index (κ2) is 16.4. The van der Waals surface area contributed by atoms with Crippen molar-refractivity contribution in [3.63, 3.8) is 0 Å². The van der Waals surface area contributed by atoms with Crippen molar-refractivity contribution in [3.8, 4) is 0 Å². The van der Waals surface area contributed by atoms with Crippen LogP contribution in [0.5, 0.6) is 0 Å². The Morgan fingerprint density at radius 1 is 0.846 bits per heavy atom. The van der Waals surface area contributed by atoms with Gasteiger partial charge in [-0.05, 0) is 12.8 Å². The Bertz CT molecular complexity index is 352. The lowest BCUT2D eigenvalue weighted by Gasteiger charge is -2.34. The fourth-order valence-corrected chi connectivity index (χ4v) is 3.25. The average Bonchev–Trinajstić information content (AvgIpc) is 2.61. The maximum Gasteiger partial charge on any atom is 0.334 e. The van der Waals surface area contributed by atoms with Crippen molar-refractivity contribution >= 4 is 5.97 Å². The second-order valence-corrected chi connectivity index (χ2v) is 8.34. The zero-order valence-electron chi connectivity index (χ0n) is 18.2. The summed E-state index contributed by atoms with van der Waals surface area (Å²) >= 11 is 0. The SMILES string of the molecule is C=CC(=O)OC(C)[N+](C)(C)CCCCCCCCCCCCCCCC. The molecule has 0 aliphatic carbocycles. The predicted octanol–water partition coefficient (Wildman–Crippen LogP) is 6.62. The minimum absolute atomic E-state index is 0.123. The molecule has 0 fully saturated rings. The van der Waals surface area contributed by atoms with Crippen LogP contribution in [0.4, 0.5) is 0 Å². The minimum Gasteiger partial charge on any atom is -0.410 e. The van der Waals surface area contributed by atoms with Gasteiger partial charge in [0.1, 0.15) is 0 Å². The summed E-state index contributed by atoms with van der Waals surface area (Å²) < 4.78 is 6.07. The lowest BCUT2D eigenvalue weighted by Crippen LogP contribution is -2.49. The number of ether oxygens (including phenoxy) is 1. The second-order valence-electron chi connectivity index (χ2n) is 8.34. The Balaban J connectivity index is 3.44. The lowest BCUT2D eigenvalue weighted by molar-refractivity contribution is -0.932. The van der Waals surface area contributed by atoms with E-state index in [1.165, 1.54) is 96.0 Å². The molecule has 0 aromatic rings. The summed E-state index contributed by atoms with van der Waals surface area (Å²) in [7, 11) is 4.26. The maximum absolute atomic E-state index is 11.3. The van der Waals surface area contributed by atoms with Crippen molar-refractivity contribution in [1.82, 2.24) is 0 Å². The van der Waals surface area contributed by atoms with Gasteiger partial charge in [0.25, 0.3) is 0 Å². The Morgan fingerprint density at radius 3 is 1.62 bits per heavy atom. The first kappa shape index (κ1) is 25.2. The molecule has 154 valence electrons. The Kier molecular flexibility index (Phi) is 15.8. The molecule has 0 aliphatic heterocycles. The van der Waals surface area contributed by atoms with Gasteiger partial charge in [-0.2, -0.15) is 0 Å². The molecular formula is C23H46NO2+. The number of unbranched alkanes of at least 4 members (excludes halogenated alkanes) is 13.